The summed E-state index contributed by atoms with van der Waals surface area (Å²) in [6, 6.07) is 17.0. The topological polar surface area (TPSA) is 55.2 Å². The van der Waals surface area contributed by atoms with Crippen LogP contribution in [0.25, 0.3) is 0 Å². The first-order valence-corrected chi connectivity index (χ1v) is 6.66. The monoisotopic (exact) mass is 270 g/mol. The average Bonchev–Trinajstić information content (AvgIpc) is 2.48. The SMILES string of the molecule is CC(CNCc1ccc([N+](=O)[O-])cc1)c1ccccc1. The van der Waals surface area contributed by atoms with Crippen LogP contribution in [0.1, 0.15) is 24.0 Å². The predicted octanol–water partition coefficient (Wildman–Crippen LogP) is 3.49. The molecule has 0 heterocycles. The van der Waals surface area contributed by atoms with E-state index in [-0.39, 0.29) is 10.6 Å². The van der Waals surface area contributed by atoms with E-state index in [9.17, 15) is 10.1 Å². The zero-order valence-corrected chi connectivity index (χ0v) is 11.5. The van der Waals surface area contributed by atoms with E-state index in [0.29, 0.717) is 5.92 Å². The molecule has 0 aliphatic heterocycles. The maximum absolute atomic E-state index is 10.6. The van der Waals surface area contributed by atoms with Crippen molar-refractivity contribution in [2.75, 3.05) is 6.54 Å². The summed E-state index contributed by atoms with van der Waals surface area (Å²) in [4.78, 5) is 10.2. The number of rotatable bonds is 6. The quantitative estimate of drug-likeness (QED) is 0.645. The zero-order valence-electron chi connectivity index (χ0n) is 11.5. The van der Waals surface area contributed by atoms with E-state index in [4.69, 9.17) is 0 Å². The molecule has 1 unspecified atom stereocenters. The van der Waals surface area contributed by atoms with Gasteiger partial charge in [-0.05, 0) is 17.0 Å². The highest BCUT2D eigenvalue weighted by atomic mass is 16.6. The van der Waals surface area contributed by atoms with E-state index in [0.717, 1.165) is 18.7 Å². The van der Waals surface area contributed by atoms with Gasteiger partial charge in [0.1, 0.15) is 0 Å². The molecule has 1 N–H and O–H groups in total. The minimum Gasteiger partial charge on any atom is -0.312 e. The van der Waals surface area contributed by atoms with Crippen molar-refractivity contribution in [3.05, 3.63) is 75.8 Å². The summed E-state index contributed by atoms with van der Waals surface area (Å²) >= 11 is 0. The van der Waals surface area contributed by atoms with E-state index >= 15 is 0 Å². The maximum Gasteiger partial charge on any atom is 0.269 e. The summed E-state index contributed by atoms with van der Waals surface area (Å²) in [6.45, 7) is 3.77. The van der Waals surface area contributed by atoms with E-state index in [1.807, 2.05) is 18.2 Å². The molecule has 2 aromatic carbocycles. The number of nitro groups is 1. The normalized spacial score (nSPS) is 12.1. The van der Waals surface area contributed by atoms with Crippen molar-refractivity contribution < 1.29 is 4.92 Å². The lowest BCUT2D eigenvalue weighted by molar-refractivity contribution is -0.384. The standard InChI is InChI=1S/C16H18N2O2/c1-13(15-5-3-2-4-6-15)11-17-12-14-7-9-16(10-8-14)18(19)20/h2-10,13,17H,11-12H2,1H3. The Morgan fingerprint density at radius 3 is 2.35 bits per heavy atom. The molecule has 0 aliphatic carbocycles. The summed E-state index contributed by atoms with van der Waals surface area (Å²) in [5, 5.41) is 13.9. The fourth-order valence-electron chi connectivity index (χ4n) is 2.07. The molecule has 0 bridgehead atoms. The highest BCUT2D eigenvalue weighted by molar-refractivity contribution is 5.32. The summed E-state index contributed by atoms with van der Waals surface area (Å²) < 4.78 is 0. The lowest BCUT2D eigenvalue weighted by Crippen LogP contribution is -2.19. The number of benzene rings is 2. The Bertz CT molecular complexity index is 552. The summed E-state index contributed by atoms with van der Waals surface area (Å²) in [7, 11) is 0. The summed E-state index contributed by atoms with van der Waals surface area (Å²) in [5.41, 5.74) is 2.49. The van der Waals surface area contributed by atoms with Crippen LogP contribution in [0.4, 0.5) is 5.69 Å². The Hall–Kier alpha value is -2.20. The molecule has 20 heavy (non-hydrogen) atoms. The van der Waals surface area contributed by atoms with Gasteiger partial charge in [-0.3, -0.25) is 10.1 Å². The second-order valence-electron chi connectivity index (χ2n) is 4.87. The maximum atomic E-state index is 10.6. The summed E-state index contributed by atoms with van der Waals surface area (Å²) in [6.07, 6.45) is 0. The minimum absolute atomic E-state index is 0.131. The van der Waals surface area contributed by atoms with Crippen LogP contribution < -0.4 is 5.32 Å². The molecular formula is C16H18N2O2. The van der Waals surface area contributed by atoms with Gasteiger partial charge in [0.2, 0.25) is 0 Å². The first-order valence-electron chi connectivity index (χ1n) is 6.66. The fraction of sp³-hybridized carbons (Fsp3) is 0.250. The number of nitrogens with one attached hydrogen (secondary N) is 1. The molecule has 0 saturated heterocycles. The molecular weight excluding hydrogens is 252 g/mol. The molecule has 0 amide bonds. The molecule has 104 valence electrons. The van der Waals surface area contributed by atoms with Gasteiger partial charge in [0.15, 0.2) is 0 Å². The van der Waals surface area contributed by atoms with Crippen LogP contribution in [0.5, 0.6) is 0 Å². The van der Waals surface area contributed by atoms with Gasteiger partial charge in [0.05, 0.1) is 4.92 Å². The second kappa shape index (κ2) is 6.82. The molecule has 0 radical (unpaired) electrons. The van der Waals surface area contributed by atoms with E-state index in [2.05, 4.69) is 24.4 Å². The lowest BCUT2D eigenvalue weighted by Gasteiger charge is -2.13. The van der Waals surface area contributed by atoms with Crippen LogP contribution >= 0.6 is 0 Å². The van der Waals surface area contributed by atoms with Crippen molar-refractivity contribution in [1.29, 1.82) is 0 Å². The van der Waals surface area contributed by atoms with Gasteiger partial charge < -0.3 is 5.32 Å². The first kappa shape index (κ1) is 14.2. The van der Waals surface area contributed by atoms with Crippen LogP contribution in [-0.2, 0) is 6.54 Å². The predicted molar refractivity (Wildman–Crippen MR) is 79.7 cm³/mol. The third-order valence-electron chi connectivity index (χ3n) is 3.30. The number of hydrogen-bond donors (Lipinski definition) is 1. The van der Waals surface area contributed by atoms with Gasteiger partial charge in [-0.2, -0.15) is 0 Å². The number of nitro benzene ring substituents is 1. The molecule has 0 spiro atoms. The molecule has 2 aromatic rings. The Morgan fingerprint density at radius 2 is 1.75 bits per heavy atom. The Morgan fingerprint density at radius 1 is 1.10 bits per heavy atom. The molecule has 0 fully saturated rings. The number of nitrogens with zero attached hydrogens (tertiary/aromatic N) is 1. The van der Waals surface area contributed by atoms with Gasteiger partial charge in [0.25, 0.3) is 5.69 Å². The number of hydrogen-bond acceptors (Lipinski definition) is 3. The molecule has 0 aliphatic rings. The second-order valence-corrected chi connectivity index (χ2v) is 4.87. The molecule has 0 saturated carbocycles. The number of non-ortho nitro benzene ring substituents is 1. The summed E-state index contributed by atoms with van der Waals surface area (Å²) in [5.74, 6) is 0.439. The lowest BCUT2D eigenvalue weighted by atomic mass is 10.0. The smallest absolute Gasteiger partial charge is 0.269 e. The van der Waals surface area contributed by atoms with Gasteiger partial charge in [-0.25, -0.2) is 0 Å². The molecule has 2 rings (SSSR count). The van der Waals surface area contributed by atoms with E-state index in [1.54, 1.807) is 12.1 Å². The Kier molecular flexibility index (Phi) is 4.85. The highest BCUT2D eigenvalue weighted by Crippen LogP contribution is 2.14. The fourth-order valence-corrected chi connectivity index (χ4v) is 2.07. The molecule has 0 aromatic heterocycles. The first-order chi connectivity index (χ1) is 9.66. The van der Waals surface area contributed by atoms with E-state index < -0.39 is 0 Å². The van der Waals surface area contributed by atoms with Crippen molar-refractivity contribution in [2.24, 2.45) is 0 Å². The van der Waals surface area contributed by atoms with Crippen molar-refractivity contribution in [1.82, 2.24) is 5.32 Å². The zero-order chi connectivity index (χ0) is 14.4. The van der Waals surface area contributed by atoms with Crippen molar-refractivity contribution in [3.8, 4) is 0 Å². The Balaban J connectivity index is 1.82. The molecule has 4 nitrogen and oxygen atoms in total. The average molecular weight is 270 g/mol. The van der Waals surface area contributed by atoms with E-state index in [1.165, 1.54) is 17.7 Å². The van der Waals surface area contributed by atoms with Crippen LogP contribution in [0.15, 0.2) is 54.6 Å². The van der Waals surface area contributed by atoms with Gasteiger partial charge in [0, 0.05) is 25.2 Å². The molecule has 1 atom stereocenters. The van der Waals surface area contributed by atoms with Gasteiger partial charge >= 0.3 is 0 Å². The van der Waals surface area contributed by atoms with Crippen LogP contribution in [0.3, 0.4) is 0 Å². The van der Waals surface area contributed by atoms with Gasteiger partial charge in [-0.15, -0.1) is 0 Å². The van der Waals surface area contributed by atoms with Crippen molar-refractivity contribution in [3.63, 3.8) is 0 Å². The third-order valence-corrected chi connectivity index (χ3v) is 3.30. The van der Waals surface area contributed by atoms with Crippen molar-refractivity contribution in [2.45, 2.75) is 19.4 Å². The third kappa shape index (κ3) is 3.90. The minimum atomic E-state index is -0.380. The van der Waals surface area contributed by atoms with Crippen LogP contribution in [0, 0.1) is 10.1 Å². The highest BCUT2D eigenvalue weighted by Gasteiger charge is 2.06. The molecule has 4 heteroatoms. The van der Waals surface area contributed by atoms with Crippen LogP contribution in [-0.4, -0.2) is 11.5 Å². The Labute approximate surface area is 118 Å². The largest absolute Gasteiger partial charge is 0.312 e. The van der Waals surface area contributed by atoms with Crippen molar-refractivity contribution >= 4 is 5.69 Å². The van der Waals surface area contributed by atoms with Gasteiger partial charge in [-0.1, -0.05) is 49.4 Å². The van der Waals surface area contributed by atoms with Crippen LogP contribution in [0.2, 0.25) is 0 Å².